The maximum atomic E-state index is 12.7. The fraction of sp³-hybridized carbons (Fsp3) is 0.444. The molecule has 0 N–H and O–H groups in total. The molecule has 1 heterocycles. The van der Waals surface area contributed by atoms with Crippen LogP contribution in [0.4, 0.5) is 18.0 Å². The van der Waals surface area contributed by atoms with Crippen molar-refractivity contribution in [3.8, 4) is 5.69 Å². The van der Waals surface area contributed by atoms with E-state index in [0.717, 1.165) is 29.9 Å². The van der Waals surface area contributed by atoms with E-state index >= 15 is 0 Å². The number of carbonyl (C=O) groups is 1. The lowest BCUT2D eigenvalue weighted by molar-refractivity contribution is -0.137. The zero-order valence-electron chi connectivity index (χ0n) is 15.0. The van der Waals surface area contributed by atoms with Gasteiger partial charge in [-0.2, -0.15) is 18.2 Å². The van der Waals surface area contributed by atoms with Crippen LogP contribution in [0.1, 0.15) is 37.1 Å². The maximum Gasteiger partial charge on any atom is 0.416 e. The van der Waals surface area contributed by atoms with E-state index in [0.29, 0.717) is 23.6 Å². The van der Waals surface area contributed by atoms with E-state index in [4.69, 9.17) is 0 Å². The second kappa shape index (κ2) is 8.53. The lowest BCUT2D eigenvalue weighted by Gasteiger charge is -2.18. The minimum atomic E-state index is -4.38. The Morgan fingerprint density at radius 1 is 1.15 bits per heavy atom. The zero-order chi connectivity index (χ0) is 19.3. The number of benzene rings is 1. The van der Waals surface area contributed by atoms with Crippen LogP contribution in [-0.4, -0.2) is 28.6 Å². The number of nitrogens with zero attached hydrogens (tertiary/aromatic N) is 3. The molecule has 1 aromatic heterocycles. The van der Waals surface area contributed by atoms with Crippen molar-refractivity contribution in [3.63, 3.8) is 0 Å². The van der Waals surface area contributed by atoms with Gasteiger partial charge in [0.1, 0.15) is 0 Å². The van der Waals surface area contributed by atoms with Gasteiger partial charge < -0.3 is 4.90 Å². The Balaban J connectivity index is 2.39. The number of thiazole rings is 1. The van der Waals surface area contributed by atoms with E-state index in [1.807, 2.05) is 20.8 Å². The van der Waals surface area contributed by atoms with Gasteiger partial charge in [-0.25, -0.2) is 4.79 Å². The number of aryl methyl sites for hydroxylation is 1. The molecule has 0 bridgehead atoms. The molecule has 26 heavy (non-hydrogen) atoms. The smallest absolute Gasteiger partial charge is 0.323 e. The summed E-state index contributed by atoms with van der Waals surface area (Å²) >= 11 is 1.33. The first-order chi connectivity index (χ1) is 12.3. The SMILES string of the molecule is CCCN(CCC)C(=O)/N=c1\sc(C)cn1-c1ccc(C(F)(F)F)cc1. The van der Waals surface area contributed by atoms with Crippen molar-refractivity contribution in [2.75, 3.05) is 13.1 Å². The van der Waals surface area contributed by atoms with Crippen LogP contribution in [0, 0.1) is 6.92 Å². The molecule has 4 nitrogen and oxygen atoms in total. The number of hydrogen-bond acceptors (Lipinski definition) is 2. The Morgan fingerprint density at radius 3 is 2.23 bits per heavy atom. The van der Waals surface area contributed by atoms with E-state index in [1.54, 1.807) is 15.7 Å². The minimum absolute atomic E-state index is 0.323. The number of aromatic nitrogens is 1. The Bertz CT molecular complexity index is 800. The number of amides is 2. The Hall–Kier alpha value is -2.09. The van der Waals surface area contributed by atoms with Gasteiger partial charge in [0.25, 0.3) is 0 Å². The van der Waals surface area contributed by atoms with Gasteiger partial charge in [0.15, 0.2) is 4.80 Å². The minimum Gasteiger partial charge on any atom is -0.323 e. The fourth-order valence-electron chi connectivity index (χ4n) is 2.52. The van der Waals surface area contributed by atoms with Gasteiger partial charge in [-0.05, 0) is 44.0 Å². The molecule has 142 valence electrons. The highest BCUT2D eigenvalue weighted by molar-refractivity contribution is 7.09. The summed E-state index contributed by atoms with van der Waals surface area (Å²) in [6, 6.07) is 4.50. The van der Waals surface area contributed by atoms with Gasteiger partial charge in [-0.3, -0.25) is 4.57 Å². The summed E-state index contributed by atoms with van der Waals surface area (Å²) in [6.45, 7) is 7.10. The molecule has 0 radical (unpaired) electrons. The van der Waals surface area contributed by atoms with Crippen molar-refractivity contribution in [2.24, 2.45) is 4.99 Å². The molecule has 0 atom stereocenters. The molecular weight excluding hydrogens is 363 g/mol. The predicted molar refractivity (Wildman–Crippen MR) is 96.5 cm³/mol. The van der Waals surface area contributed by atoms with Crippen molar-refractivity contribution in [2.45, 2.75) is 39.8 Å². The Labute approximate surface area is 154 Å². The topological polar surface area (TPSA) is 37.6 Å². The molecule has 0 saturated heterocycles. The largest absolute Gasteiger partial charge is 0.416 e. The number of rotatable bonds is 5. The van der Waals surface area contributed by atoms with Gasteiger partial charge in [0, 0.05) is 29.9 Å². The maximum absolute atomic E-state index is 12.7. The molecule has 2 rings (SSSR count). The second-order valence-electron chi connectivity index (χ2n) is 5.92. The van der Waals surface area contributed by atoms with E-state index < -0.39 is 11.7 Å². The molecular formula is C18H22F3N3OS. The monoisotopic (exact) mass is 385 g/mol. The van der Waals surface area contributed by atoms with Crippen molar-refractivity contribution in [3.05, 3.63) is 45.7 Å². The van der Waals surface area contributed by atoms with Crippen LogP contribution >= 0.6 is 11.3 Å². The quantitative estimate of drug-likeness (QED) is 0.713. The summed E-state index contributed by atoms with van der Waals surface area (Å²) in [6.07, 6.45) is -0.936. The summed E-state index contributed by atoms with van der Waals surface area (Å²) in [7, 11) is 0. The molecule has 0 saturated carbocycles. The average Bonchev–Trinajstić information content (AvgIpc) is 2.94. The van der Waals surface area contributed by atoms with Crippen LogP contribution in [0.5, 0.6) is 0 Å². The fourth-order valence-corrected chi connectivity index (χ4v) is 3.35. The normalized spacial score (nSPS) is 12.5. The van der Waals surface area contributed by atoms with Crippen molar-refractivity contribution >= 4 is 17.4 Å². The van der Waals surface area contributed by atoms with Gasteiger partial charge in [-0.15, -0.1) is 11.3 Å². The number of urea groups is 1. The third-order valence-electron chi connectivity index (χ3n) is 3.69. The highest BCUT2D eigenvalue weighted by Gasteiger charge is 2.30. The number of alkyl halides is 3. The average molecular weight is 385 g/mol. The summed E-state index contributed by atoms with van der Waals surface area (Å²) in [5.41, 5.74) is -0.174. The number of carbonyl (C=O) groups excluding carboxylic acids is 1. The van der Waals surface area contributed by atoms with Gasteiger partial charge in [-0.1, -0.05) is 13.8 Å². The summed E-state index contributed by atoms with van der Waals surface area (Å²) in [5.74, 6) is 0. The molecule has 2 aromatic rings. The molecule has 8 heteroatoms. The first-order valence-electron chi connectivity index (χ1n) is 8.46. The first kappa shape index (κ1) is 20.2. The van der Waals surface area contributed by atoms with Crippen LogP contribution < -0.4 is 4.80 Å². The van der Waals surface area contributed by atoms with E-state index in [9.17, 15) is 18.0 Å². The van der Waals surface area contributed by atoms with E-state index in [1.165, 1.54) is 23.5 Å². The molecule has 0 aliphatic carbocycles. The van der Waals surface area contributed by atoms with Gasteiger partial charge in [0.05, 0.1) is 5.56 Å². The van der Waals surface area contributed by atoms with E-state index in [2.05, 4.69) is 4.99 Å². The molecule has 0 aliphatic heterocycles. The molecule has 1 aromatic carbocycles. The zero-order valence-corrected chi connectivity index (χ0v) is 15.8. The summed E-state index contributed by atoms with van der Waals surface area (Å²) < 4.78 is 39.9. The van der Waals surface area contributed by atoms with Crippen LogP contribution in [0.25, 0.3) is 5.69 Å². The number of hydrogen-bond donors (Lipinski definition) is 0. The highest BCUT2D eigenvalue weighted by atomic mass is 32.1. The lowest BCUT2D eigenvalue weighted by Crippen LogP contribution is -2.31. The molecule has 0 spiro atoms. The third-order valence-corrected chi connectivity index (χ3v) is 4.59. The van der Waals surface area contributed by atoms with Gasteiger partial charge >= 0.3 is 12.2 Å². The summed E-state index contributed by atoms with van der Waals surface area (Å²) in [5, 5.41) is 0. The first-order valence-corrected chi connectivity index (χ1v) is 9.28. The highest BCUT2D eigenvalue weighted by Crippen LogP contribution is 2.29. The predicted octanol–water partition coefficient (Wildman–Crippen LogP) is 5.01. The van der Waals surface area contributed by atoms with Gasteiger partial charge in [0.2, 0.25) is 0 Å². The second-order valence-corrected chi connectivity index (χ2v) is 7.13. The lowest BCUT2D eigenvalue weighted by atomic mass is 10.2. The summed E-state index contributed by atoms with van der Waals surface area (Å²) in [4.78, 5) is 19.7. The van der Waals surface area contributed by atoms with Crippen LogP contribution in [0.2, 0.25) is 0 Å². The van der Waals surface area contributed by atoms with Crippen LogP contribution in [0.3, 0.4) is 0 Å². The van der Waals surface area contributed by atoms with Crippen LogP contribution in [-0.2, 0) is 6.18 Å². The molecule has 2 amide bonds. The number of halogens is 3. The van der Waals surface area contributed by atoms with Crippen LogP contribution in [0.15, 0.2) is 35.5 Å². The van der Waals surface area contributed by atoms with Crippen molar-refractivity contribution in [1.29, 1.82) is 0 Å². The molecule has 0 unspecified atom stereocenters. The molecule has 0 aliphatic rings. The molecule has 0 fully saturated rings. The standard InChI is InChI=1S/C18H22F3N3OS/c1-4-10-23(11-5-2)16(25)22-17-24(12-13(3)26-17)15-8-6-14(7-9-15)18(19,20)21/h6-9,12H,4-5,10-11H2,1-3H3/b22-17-. The van der Waals surface area contributed by atoms with Crippen molar-refractivity contribution in [1.82, 2.24) is 9.47 Å². The Kier molecular flexibility index (Phi) is 6.63. The third kappa shape index (κ3) is 4.97. The van der Waals surface area contributed by atoms with Crippen molar-refractivity contribution < 1.29 is 18.0 Å². The van der Waals surface area contributed by atoms with E-state index in [-0.39, 0.29) is 6.03 Å². The Morgan fingerprint density at radius 2 is 1.73 bits per heavy atom.